The monoisotopic (exact) mass is 292 g/mol. The Bertz CT molecular complexity index is 534. The number of hydrogen-bond donors (Lipinski definition) is 1. The molecule has 0 aliphatic heterocycles. The van der Waals surface area contributed by atoms with E-state index in [0.717, 1.165) is 5.56 Å². The molecule has 2 rings (SSSR count). The first-order valence-corrected chi connectivity index (χ1v) is 7.76. The van der Waals surface area contributed by atoms with Gasteiger partial charge in [0.2, 0.25) is 5.89 Å². The summed E-state index contributed by atoms with van der Waals surface area (Å²) in [6.07, 6.45) is -0.463. The van der Waals surface area contributed by atoms with Crippen LogP contribution in [-0.4, -0.2) is 21.0 Å². The van der Waals surface area contributed by atoms with E-state index in [4.69, 9.17) is 4.52 Å². The van der Waals surface area contributed by atoms with Crippen LogP contribution in [0, 0.1) is 0 Å². The standard InChI is InChI=1S/C15H20N2O2S/c1-15(2,3)14-16-13(17-19-14)10-20-9-12(18)11-7-5-4-6-8-11/h4-8,12,18H,9-10H2,1-3H3. The van der Waals surface area contributed by atoms with E-state index < -0.39 is 6.10 Å². The van der Waals surface area contributed by atoms with Crippen LogP contribution in [0.3, 0.4) is 0 Å². The molecule has 0 fully saturated rings. The number of rotatable bonds is 5. The summed E-state index contributed by atoms with van der Waals surface area (Å²) < 4.78 is 5.23. The minimum absolute atomic E-state index is 0.126. The molecule has 0 saturated heterocycles. The number of aliphatic hydroxyl groups is 1. The van der Waals surface area contributed by atoms with Gasteiger partial charge in [-0.25, -0.2) is 0 Å². The van der Waals surface area contributed by atoms with E-state index in [2.05, 4.69) is 10.1 Å². The molecule has 5 heteroatoms. The molecule has 0 amide bonds. The zero-order valence-electron chi connectivity index (χ0n) is 12.0. The van der Waals surface area contributed by atoms with E-state index in [-0.39, 0.29) is 5.41 Å². The number of benzene rings is 1. The van der Waals surface area contributed by atoms with Gasteiger partial charge in [-0.1, -0.05) is 56.3 Å². The second-order valence-corrected chi connectivity index (χ2v) is 6.74. The molecule has 0 bridgehead atoms. The molecule has 4 nitrogen and oxygen atoms in total. The van der Waals surface area contributed by atoms with Gasteiger partial charge in [-0.05, 0) is 5.56 Å². The third-order valence-electron chi connectivity index (χ3n) is 2.80. The Morgan fingerprint density at radius 2 is 1.95 bits per heavy atom. The van der Waals surface area contributed by atoms with E-state index in [9.17, 15) is 5.11 Å². The zero-order chi connectivity index (χ0) is 14.6. The molecule has 1 aromatic carbocycles. The zero-order valence-corrected chi connectivity index (χ0v) is 12.9. The average Bonchev–Trinajstić information content (AvgIpc) is 2.88. The molecular weight excluding hydrogens is 272 g/mol. The molecular formula is C15H20N2O2S. The molecule has 1 heterocycles. The largest absolute Gasteiger partial charge is 0.388 e. The van der Waals surface area contributed by atoms with E-state index in [1.54, 1.807) is 11.8 Å². The maximum Gasteiger partial charge on any atom is 0.232 e. The van der Waals surface area contributed by atoms with Crippen molar-refractivity contribution in [3.63, 3.8) is 0 Å². The highest BCUT2D eigenvalue weighted by Gasteiger charge is 2.21. The summed E-state index contributed by atoms with van der Waals surface area (Å²) >= 11 is 1.60. The second kappa shape index (κ2) is 6.41. The first kappa shape index (κ1) is 15.1. The van der Waals surface area contributed by atoms with Crippen molar-refractivity contribution in [3.05, 3.63) is 47.6 Å². The molecule has 108 valence electrons. The minimum atomic E-state index is -0.463. The molecule has 1 N–H and O–H groups in total. The van der Waals surface area contributed by atoms with E-state index in [1.807, 2.05) is 51.1 Å². The molecule has 1 aromatic heterocycles. The first-order chi connectivity index (χ1) is 9.47. The van der Waals surface area contributed by atoms with Gasteiger partial charge in [-0.2, -0.15) is 16.7 Å². The molecule has 0 saturated carbocycles. The number of thioether (sulfide) groups is 1. The van der Waals surface area contributed by atoms with Gasteiger partial charge < -0.3 is 9.63 Å². The van der Waals surface area contributed by atoms with Gasteiger partial charge in [-0.3, -0.25) is 0 Å². The van der Waals surface area contributed by atoms with Crippen molar-refractivity contribution in [2.24, 2.45) is 0 Å². The van der Waals surface area contributed by atoms with Crippen LogP contribution in [0.1, 0.15) is 44.2 Å². The highest BCUT2D eigenvalue weighted by Crippen LogP contribution is 2.23. The summed E-state index contributed by atoms with van der Waals surface area (Å²) in [5, 5.41) is 14.0. The lowest BCUT2D eigenvalue weighted by molar-refractivity contribution is 0.204. The molecule has 0 spiro atoms. The van der Waals surface area contributed by atoms with E-state index >= 15 is 0 Å². The van der Waals surface area contributed by atoms with Gasteiger partial charge >= 0.3 is 0 Å². The second-order valence-electron chi connectivity index (χ2n) is 5.71. The Morgan fingerprint density at radius 1 is 1.25 bits per heavy atom. The Balaban J connectivity index is 1.83. The van der Waals surface area contributed by atoms with Crippen LogP contribution in [0.5, 0.6) is 0 Å². The SMILES string of the molecule is CC(C)(C)c1nc(CSCC(O)c2ccccc2)no1. The van der Waals surface area contributed by atoms with E-state index in [0.29, 0.717) is 23.2 Å². The summed E-state index contributed by atoms with van der Waals surface area (Å²) in [5.41, 5.74) is 0.808. The molecule has 1 atom stereocenters. The molecule has 1 unspecified atom stereocenters. The normalized spacial score (nSPS) is 13.4. The molecule has 2 aromatic rings. The van der Waals surface area contributed by atoms with Crippen molar-refractivity contribution < 1.29 is 9.63 Å². The number of aliphatic hydroxyl groups excluding tert-OH is 1. The molecule has 0 aliphatic rings. The Morgan fingerprint density at radius 3 is 2.55 bits per heavy atom. The lowest BCUT2D eigenvalue weighted by atomic mass is 9.97. The van der Waals surface area contributed by atoms with Gasteiger partial charge in [0.05, 0.1) is 11.9 Å². The Kier molecular flexibility index (Phi) is 4.83. The van der Waals surface area contributed by atoms with Gasteiger partial charge in [-0.15, -0.1) is 0 Å². The van der Waals surface area contributed by atoms with Crippen molar-refractivity contribution in [2.75, 3.05) is 5.75 Å². The summed E-state index contributed by atoms with van der Waals surface area (Å²) in [5.74, 6) is 2.59. The number of nitrogens with zero attached hydrogens (tertiary/aromatic N) is 2. The maximum absolute atomic E-state index is 10.0. The highest BCUT2D eigenvalue weighted by molar-refractivity contribution is 7.98. The van der Waals surface area contributed by atoms with Crippen molar-refractivity contribution in [3.8, 4) is 0 Å². The third-order valence-corrected chi connectivity index (χ3v) is 3.81. The summed E-state index contributed by atoms with van der Waals surface area (Å²) in [6.45, 7) is 6.11. The van der Waals surface area contributed by atoms with E-state index in [1.165, 1.54) is 0 Å². The third kappa shape index (κ3) is 4.08. The Hall–Kier alpha value is -1.33. The van der Waals surface area contributed by atoms with Crippen LogP contribution < -0.4 is 0 Å². The number of hydrogen-bond acceptors (Lipinski definition) is 5. The fourth-order valence-electron chi connectivity index (χ4n) is 1.65. The van der Waals surface area contributed by atoms with Gasteiger partial charge in [0.15, 0.2) is 5.82 Å². The summed E-state index contributed by atoms with van der Waals surface area (Å²) in [4.78, 5) is 4.37. The number of aromatic nitrogens is 2. The van der Waals surface area contributed by atoms with Gasteiger partial charge in [0.25, 0.3) is 0 Å². The van der Waals surface area contributed by atoms with Gasteiger partial charge in [0.1, 0.15) is 0 Å². The fraction of sp³-hybridized carbons (Fsp3) is 0.467. The average molecular weight is 292 g/mol. The van der Waals surface area contributed by atoms with Crippen molar-refractivity contribution in [1.29, 1.82) is 0 Å². The molecule has 0 aliphatic carbocycles. The van der Waals surface area contributed by atoms with Crippen LogP contribution in [0.25, 0.3) is 0 Å². The minimum Gasteiger partial charge on any atom is -0.388 e. The lowest BCUT2D eigenvalue weighted by Gasteiger charge is -2.10. The van der Waals surface area contributed by atoms with Crippen molar-refractivity contribution >= 4 is 11.8 Å². The first-order valence-electron chi connectivity index (χ1n) is 6.60. The smallest absolute Gasteiger partial charge is 0.232 e. The Labute approximate surface area is 123 Å². The topological polar surface area (TPSA) is 59.2 Å². The summed E-state index contributed by atoms with van der Waals surface area (Å²) in [7, 11) is 0. The molecule has 0 radical (unpaired) electrons. The van der Waals surface area contributed by atoms with Crippen molar-refractivity contribution in [1.82, 2.24) is 10.1 Å². The lowest BCUT2D eigenvalue weighted by Crippen LogP contribution is -2.11. The predicted molar refractivity (Wildman–Crippen MR) is 80.6 cm³/mol. The van der Waals surface area contributed by atoms with Crippen LogP contribution in [0.15, 0.2) is 34.9 Å². The van der Waals surface area contributed by atoms with Crippen molar-refractivity contribution in [2.45, 2.75) is 38.0 Å². The van der Waals surface area contributed by atoms with Crippen LogP contribution in [-0.2, 0) is 11.2 Å². The predicted octanol–water partition coefficient (Wildman–Crippen LogP) is 3.33. The molecule has 20 heavy (non-hydrogen) atoms. The van der Waals surface area contributed by atoms with Gasteiger partial charge in [0, 0.05) is 11.2 Å². The van der Waals surface area contributed by atoms with Crippen LogP contribution in [0.2, 0.25) is 0 Å². The maximum atomic E-state index is 10.0. The van der Waals surface area contributed by atoms with Crippen LogP contribution in [0.4, 0.5) is 0 Å². The fourth-order valence-corrected chi connectivity index (χ4v) is 2.48. The highest BCUT2D eigenvalue weighted by atomic mass is 32.2. The summed E-state index contributed by atoms with van der Waals surface area (Å²) in [6, 6.07) is 9.65. The quantitative estimate of drug-likeness (QED) is 0.916. The van der Waals surface area contributed by atoms with Crippen LogP contribution >= 0.6 is 11.8 Å².